The smallest absolute Gasteiger partial charge is 0.269 e. The Balaban J connectivity index is 1.86. The van der Waals surface area contributed by atoms with Crippen molar-refractivity contribution < 1.29 is 9.72 Å². The third-order valence-electron chi connectivity index (χ3n) is 3.29. The summed E-state index contributed by atoms with van der Waals surface area (Å²) in [5.74, 6) is 0.288. The highest BCUT2D eigenvalue weighted by atomic mass is 16.6. The molecular formula is C13H17N3O3. The van der Waals surface area contributed by atoms with Crippen molar-refractivity contribution in [3.05, 3.63) is 39.9 Å². The molecule has 19 heavy (non-hydrogen) atoms. The van der Waals surface area contributed by atoms with E-state index in [-0.39, 0.29) is 11.6 Å². The van der Waals surface area contributed by atoms with Crippen molar-refractivity contribution in [3.63, 3.8) is 0 Å². The van der Waals surface area contributed by atoms with E-state index in [0.717, 1.165) is 25.9 Å². The minimum Gasteiger partial charge on any atom is -0.352 e. The van der Waals surface area contributed by atoms with Gasteiger partial charge in [0, 0.05) is 24.2 Å². The topological polar surface area (TPSA) is 84.3 Å². The van der Waals surface area contributed by atoms with Gasteiger partial charge in [-0.2, -0.15) is 0 Å². The molecule has 0 radical (unpaired) electrons. The van der Waals surface area contributed by atoms with E-state index in [1.807, 2.05) is 0 Å². The van der Waals surface area contributed by atoms with Gasteiger partial charge in [0.1, 0.15) is 0 Å². The second kappa shape index (κ2) is 6.29. The number of amides is 1. The molecule has 1 saturated heterocycles. The quantitative estimate of drug-likeness (QED) is 0.634. The van der Waals surface area contributed by atoms with E-state index in [0.29, 0.717) is 18.0 Å². The minimum absolute atomic E-state index is 0.00645. The molecule has 1 unspecified atom stereocenters. The van der Waals surface area contributed by atoms with Gasteiger partial charge in [0.05, 0.1) is 4.92 Å². The van der Waals surface area contributed by atoms with Crippen LogP contribution in [0.25, 0.3) is 0 Å². The maximum absolute atomic E-state index is 11.9. The van der Waals surface area contributed by atoms with Gasteiger partial charge < -0.3 is 10.6 Å². The lowest BCUT2D eigenvalue weighted by Crippen LogP contribution is -2.38. The van der Waals surface area contributed by atoms with E-state index in [1.165, 1.54) is 24.3 Å². The van der Waals surface area contributed by atoms with Crippen LogP contribution in [0.5, 0.6) is 0 Å². The number of piperidine rings is 1. The molecule has 2 N–H and O–H groups in total. The first-order valence-corrected chi connectivity index (χ1v) is 6.40. The molecule has 1 heterocycles. The van der Waals surface area contributed by atoms with Crippen LogP contribution in [0.4, 0.5) is 5.69 Å². The number of nitro groups is 1. The third-order valence-corrected chi connectivity index (χ3v) is 3.29. The van der Waals surface area contributed by atoms with Gasteiger partial charge in [-0.05, 0) is 44.0 Å². The zero-order valence-electron chi connectivity index (χ0n) is 10.6. The Labute approximate surface area is 111 Å². The van der Waals surface area contributed by atoms with Crippen molar-refractivity contribution in [1.29, 1.82) is 0 Å². The normalized spacial score (nSPS) is 18.8. The zero-order valence-corrected chi connectivity index (χ0v) is 10.6. The highest BCUT2D eigenvalue weighted by Crippen LogP contribution is 2.12. The van der Waals surface area contributed by atoms with Crippen molar-refractivity contribution >= 4 is 11.6 Å². The summed E-state index contributed by atoms with van der Waals surface area (Å²) >= 11 is 0. The van der Waals surface area contributed by atoms with Crippen LogP contribution in [-0.2, 0) is 0 Å². The van der Waals surface area contributed by atoms with Crippen LogP contribution in [0.1, 0.15) is 23.2 Å². The molecule has 0 bridgehead atoms. The standard InChI is InChI=1S/C13H17N3O3/c17-13(15-9-10-2-1-7-14-8-10)11-3-5-12(6-4-11)16(18)19/h3-6,10,14H,1-2,7-9H2,(H,15,17). The summed E-state index contributed by atoms with van der Waals surface area (Å²) in [5.41, 5.74) is 0.447. The maximum atomic E-state index is 11.9. The highest BCUT2D eigenvalue weighted by Gasteiger charge is 2.15. The van der Waals surface area contributed by atoms with Crippen molar-refractivity contribution in [3.8, 4) is 0 Å². The number of hydrogen-bond acceptors (Lipinski definition) is 4. The predicted octanol–water partition coefficient (Wildman–Crippen LogP) is 1.32. The number of rotatable bonds is 4. The molecule has 0 aliphatic carbocycles. The average molecular weight is 263 g/mol. The number of non-ortho nitro benzene ring substituents is 1. The summed E-state index contributed by atoms with van der Waals surface area (Å²) in [5, 5.41) is 16.7. The molecule has 0 saturated carbocycles. The molecule has 0 aromatic heterocycles. The fraction of sp³-hybridized carbons (Fsp3) is 0.462. The summed E-state index contributed by atoms with van der Waals surface area (Å²) in [6.45, 7) is 2.62. The Bertz CT molecular complexity index is 453. The largest absolute Gasteiger partial charge is 0.352 e. The van der Waals surface area contributed by atoms with Gasteiger partial charge in [-0.25, -0.2) is 0 Å². The van der Waals surface area contributed by atoms with Crippen molar-refractivity contribution in [1.82, 2.24) is 10.6 Å². The van der Waals surface area contributed by atoms with E-state index in [1.54, 1.807) is 0 Å². The summed E-state index contributed by atoms with van der Waals surface area (Å²) in [7, 11) is 0. The Hall–Kier alpha value is -1.95. The zero-order chi connectivity index (χ0) is 13.7. The molecule has 1 amide bonds. The van der Waals surface area contributed by atoms with Crippen LogP contribution < -0.4 is 10.6 Å². The fourth-order valence-electron chi connectivity index (χ4n) is 2.17. The monoisotopic (exact) mass is 263 g/mol. The molecule has 1 aromatic carbocycles. The van der Waals surface area contributed by atoms with Crippen LogP contribution in [0, 0.1) is 16.0 Å². The Morgan fingerprint density at radius 2 is 2.16 bits per heavy atom. The molecule has 1 aliphatic rings. The van der Waals surface area contributed by atoms with Crippen molar-refractivity contribution in [2.24, 2.45) is 5.92 Å². The summed E-state index contributed by atoms with van der Waals surface area (Å²) in [6.07, 6.45) is 2.26. The lowest BCUT2D eigenvalue weighted by molar-refractivity contribution is -0.384. The van der Waals surface area contributed by atoms with Gasteiger partial charge in [0.2, 0.25) is 0 Å². The minimum atomic E-state index is -0.477. The first-order chi connectivity index (χ1) is 9.16. The molecular weight excluding hydrogens is 246 g/mol. The van der Waals surface area contributed by atoms with Crippen LogP contribution in [0.15, 0.2) is 24.3 Å². The number of nitro benzene ring substituents is 1. The second-order valence-corrected chi connectivity index (χ2v) is 4.73. The van der Waals surface area contributed by atoms with Crippen molar-refractivity contribution in [2.45, 2.75) is 12.8 Å². The summed E-state index contributed by atoms with van der Waals surface area (Å²) in [4.78, 5) is 21.9. The molecule has 1 fully saturated rings. The van der Waals surface area contributed by atoms with E-state index >= 15 is 0 Å². The molecule has 0 spiro atoms. The Morgan fingerprint density at radius 1 is 1.42 bits per heavy atom. The summed E-state index contributed by atoms with van der Waals surface area (Å²) < 4.78 is 0. The fourth-order valence-corrected chi connectivity index (χ4v) is 2.17. The van der Waals surface area contributed by atoms with E-state index < -0.39 is 4.92 Å². The number of carbonyl (C=O) groups is 1. The number of nitrogens with zero attached hydrogens (tertiary/aromatic N) is 1. The predicted molar refractivity (Wildman–Crippen MR) is 71.0 cm³/mol. The SMILES string of the molecule is O=C(NCC1CCCNC1)c1ccc([N+](=O)[O-])cc1. The van der Waals surface area contributed by atoms with Gasteiger partial charge in [-0.3, -0.25) is 14.9 Å². The first-order valence-electron chi connectivity index (χ1n) is 6.40. The lowest BCUT2D eigenvalue weighted by atomic mass is 9.99. The molecule has 1 aromatic rings. The van der Waals surface area contributed by atoms with Crippen LogP contribution >= 0.6 is 0 Å². The number of benzene rings is 1. The van der Waals surface area contributed by atoms with Crippen molar-refractivity contribution in [2.75, 3.05) is 19.6 Å². The van der Waals surface area contributed by atoms with E-state index in [4.69, 9.17) is 0 Å². The van der Waals surface area contributed by atoms with Gasteiger partial charge in [-0.15, -0.1) is 0 Å². The number of hydrogen-bond donors (Lipinski definition) is 2. The van der Waals surface area contributed by atoms with E-state index in [9.17, 15) is 14.9 Å². The number of carbonyl (C=O) groups excluding carboxylic acids is 1. The van der Waals surface area contributed by atoms with Gasteiger partial charge in [-0.1, -0.05) is 0 Å². The molecule has 2 rings (SSSR count). The summed E-state index contributed by atoms with van der Waals surface area (Å²) in [6, 6.07) is 5.65. The van der Waals surface area contributed by atoms with Gasteiger partial charge in [0.25, 0.3) is 11.6 Å². The Morgan fingerprint density at radius 3 is 2.74 bits per heavy atom. The molecule has 102 valence electrons. The lowest BCUT2D eigenvalue weighted by Gasteiger charge is -2.22. The molecule has 1 atom stereocenters. The van der Waals surface area contributed by atoms with Crippen LogP contribution in [-0.4, -0.2) is 30.5 Å². The highest BCUT2D eigenvalue weighted by molar-refractivity contribution is 5.94. The van der Waals surface area contributed by atoms with Crippen LogP contribution in [0.3, 0.4) is 0 Å². The molecule has 6 heteroatoms. The number of nitrogens with one attached hydrogen (secondary N) is 2. The average Bonchev–Trinajstić information content (AvgIpc) is 2.46. The van der Waals surface area contributed by atoms with Crippen LogP contribution in [0.2, 0.25) is 0 Å². The maximum Gasteiger partial charge on any atom is 0.269 e. The second-order valence-electron chi connectivity index (χ2n) is 4.73. The Kier molecular flexibility index (Phi) is 4.46. The third kappa shape index (κ3) is 3.75. The molecule has 1 aliphatic heterocycles. The van der Waals surface area contributed by atoms with Gasteiger partial charge >= 0.3 is 0 Å². The molecule has 6 nitrogen and oxygen atoms in total. The van der Waals surface area contributed by atoms with E-state index in [2.05, 4.69) is 10.6 Å². The first kappa shape index (κ1) is 13.5. The van der Waals surface area contributed by atoms with Gasteiger partial charge in [0.15, 0.2) is 0 Å².